The van der Waals surface area contributed by atoms with Crippen LogP contribution in [0.25, 0.3) is 5.57 Å². The van der Waals surface area contributed by atoms with Crippen molar-refractivity contribution in [3.63, 3.8) is 0 Å². The standard InChI is InChI=1S/C15H16O/c1-2-16-15-11-7-10-14(12-15)13-8-5-3-4-6-9-13/h3-5,7-12H,2,6H2,1H3. The van der Waals surface area contributed by atoms with Gasteiger partial charge in [-0.2, -0.15) is 0 Å². The van der Waals surface area contributed by atoms with E-state index in [1.54, 1.807) is 0 Å². The molecule has 0 N–H and O–H groups in total. The van der Waals surface area contributed by atoms with E-state index in [9.17, 15) is 0 Å². The smallest absolute Gasteiger partial charge is 0.119 e. The Morgan fingerprint density at radius 3 is 3.06 bits per heavy atom. The third-order valence-electron chi connectivity index (χ3n) is 2.48. The summed E-state index contributed by atoms with van der Waals surface area (Å²) in [5.41, 5.74) is 2.47. The van der Waals surface area contributed by atoms with Crippen molar-refractivity contribution >= 4 is 5.57 Å². The average molecular weight is 212 g/mol. The molecule has 1 heteroatoms. The Bertz CT molecular complexity index is 439. The van der Waals surface area contributed by atoms with Gasteiger partial charge in [0, 0.05) is 0 Å². The molecular weight excluding hydrogens is 196 g/mol. The lowest BCUT2D eigenvalue weighted by molar-refractivity contribution is 0.340. The Hall–Kier alpha value is -1.76. The Morgan fingerprint density at radius 2 is 2.19 bits per heavy atom. The first-order valence-corrected chi connectivity index (χ1v) is 5.67. The van der Waals surface area contributed by atoms with E-state index >= 15 is 0 Å². The first-order valence-electron chi connectivity index (χ1n) is 5.67. The summed E-state index contributed by atoms with van der Waals surface area (Å²) in [4.78, 5) is 0. The van der Waals surface area contributed by atoms with Crippen LogP contribution < -0.4 is 4.74 Å². The van der Waals surface area contributed by atoms with E-state index in [0.29, 0.717) is 6.61 Å². The van der Waals surface area contributed by atoms with E-state index in [1.165, 1.54) is 11.1 Å². The third-order valence-corrected chi connectivity index (χ3v) is 2.48. The van der Waals surface area contributed by atoms with Crippen molar-refractivity contribution in [1.29, 1.82) is 0 Å². The molecular formula is C15H16O. The molecule has 0 bridgehead atoms. The van der Waals surface area contributed by atoms with Crippen molar-refractivity contribution < 1.29 is 4.74 Å². The highest BCUT2D eigenvalue weighted by molar-refractivity contribution is 5.75. The summed E-state index contributed by atoms with van der Waals surface area (Å²) in [7, 11) is 0. The van der Waals surface area contributed by atoms with Crippen LogP contribution >= 0.6 is 0 Å². The number of benzene rings is 1. The van der Waals surface area contributed by atoms with Crippen molar-refractivity contribution in [3.05, 3.63) is 60.2 Å². The van der Waals surface area contributed by atoms with Gasteiger partial charge in [-0.15, -0.1) is 0 Å². The second-order valence-electron chi connectivity index (χ2n) is 3.64. The molecule has 0 amide bonds. The van der Waals surface area contributed by atoms with Crippen LogP contribution in [0.4, 0.5) is 0 Å². The predicted octanol–water partition coefficient (Wildman–Crippen LogP) is 3.98. The molecule has 0 atom stereocenters. The van der Waals surface area contributed by atoms with Gasteiger partial charge in [-0.1, -0.05) is 42.5 Å². The molecule has 1 nitrogen and oxygen atoms in total. The average Bonchev–Trinajstić information content (AvgIpc) is 2.58. The van der Waals surface area contributed by atoms with Crippen LogP contribution in [0.5, 0.6) is 5.75 Å². The number of ether oxygens (including phenoxy) is 1. The van der Waals surface area contributed by atoms with Gasteiger partial charge in [-0.25, -0.2) is 0 Å². The highest BCUT2D eigenvalue weighted by atomic mass is 16.5. The largest absolute Gasteiger partial charge is 0.494 e. The van der Waals surface area contributed by atoms with Crippen molar-refractivity contribution in [2.45, 2.75) is 13.3 Å². The Morgan fingerprint density at radius 1 is 1.25 bits per heavy atom. The van der Waals surface area contributed by atoms with Gasteiger partial charge < -0.3 is 4.74 Å². The van der Waals surface area contributed by atoms with Gasteiger partial charge in [0.05, 0.1) is 6.61 Å². The minimum Gasteiger partial charge on any atom is -0.494 e. The molecule has 1 aliphatic rings. The molecule has 0 heterocycles. The molecule has 1 aliphatic carbocycles. The predicted molar refractivity (Wildman–Crippen MR) is 68.5 cm³/mol. The second-order valence-corrected chi connectivity index (χ2v) is 3.64. The molecule has 0 radical (unpaired) electrons. The molecule has 0 aromatic heterocycles. The van der Waals surface area contributed by atoms with Gasteiger partial charge in [-0.05, 0) is 36.6 Å². The number of hydrogen-bond donors (Lipinski definition) is 0. The van der Waals surface area contributed by atoms with E-state index < -0.39 is 0 Å². The zero-order valence-electron chi connectivity index (χ0n) is 9.52. The zero-order valence-corrected chi connectivity index (χ0v) is 9.52. The molecule has 0 fully saturated rings. The number of rotatable bonds is 3. The van der Waals surface area contributed by atoms with Crippen LogP contribution in [-0.4, -0.2) is 6.61 Å². The lowest BCUT2D eigenvalue weighted by Crippen LogP contribution is -1.92. The van der Waals surface area contributed by atoms with E-state index in [4.69, 9.17) is 4.74 Å². The molecule has 0 unspecified atom stereocenters. The van der Waals surface area contributed by atoms with Crippen LogP contribution in [0.3, 0.4) is 0 Å². The fourth-order valence-electron chi connectivity index (χ4n) is 1.73. The Balaban J connectivity index is 2.26. The molecule has 82 valence electrons. The first kappa shape index (κ1) is 10.7. The third kappa shape index (κ3) is 2.63. The first-order chi connectivity index (χ1) is 7.90. The van der Waals surface area contributed by atoms with Crippen LogP contribution in [-0.2, 0) is 0 Å². The fourth-order valence-corrected chi connectivity index (χ4v) is 1.73. The Labute approximate surface area is 96.8 Å². The van der Waals surface area contributed by atoms with Crippen LogP contribution in [0, 0.1) is 0 Å². The van der Waals surface area contributed by atoms with Crippen LogP contribution in [0.15, 0.2) is 54.6 Å². The molecule has 0 spiro atoms. The maximum atomic E-state index is 5.50. The molecule has 0 aliphatic heterocycles. The molecule has 0 saturated heterocycles. The van der Waals surface area contributed by atoms with Gasteiger partial charge in [-0.3, -0.25) is 0 Å². The van der Waals surface area contributed by atoms with Gasteiger partial charge in [0.15, 0.2) is 0 Å². The summed E-state index contributed by atoms with van der Waals surface area (Å²) in [6.07, 6.45) is 11.7. The van der Waals surface area contributed by atoms with Crippen LogP contribution in [0.1, 0.15) is 18.9 Å². The second kappa shape index (κ2) is 5.36. The summed E-state index contributed by atoms with van der Waals surface area (Å²) >= 11 is 0. The van der Waals surface area contributed by atoms with E-state index in [0.717, 1.165) is 12.2 Å². The van der Waals surface area contributed by atoms with Gasteiger partial charge >= 0.3 is 0 Å². The molecule has 16 heavy (non-hydrogen) atoms. The fraction of sp³-hybridized carbons (Fsp3) is 0.200. The van der Waals surface area contributed by atoms with E-state index in [2.05, 4.69) is 42.5 Å². The summed E-state index contributed by atoms with van der Waals surface area (Å²) in [5.74, 6) is 0.937. The number of allylic oxidation sites excluding steroid dienone is 6. The monoisotopic (exact) mass is 212 g/mol. The zero-order chi connectivity index (χ0) is 11.2. The van der Waals surface area contributed by atoms with Crippen LogP contribution in [0.2, 0.25) is 0 Å². The summed E-state index contributed by atoms with van der Waals surface area (Å²) < 4.78 is 5.50. The van der Waals surface area contributed by atoms with Gasteiger partial charge in [0.2, 0.25) is 0 Å². The highest BCUT2D eigenvalue weighted by Gasteiger charge is 2.00. The lowest BCUT2D eigenvalue weighted by Gasteiger charge is -2.06. The minimum absolute atomic E-state index is 0.708. The maximum absolute atomic E-state index is 5.50. The molecule has 1 aromatic carbocycles. The maximum Gasteiger partial charge on any atom is 0.119 e. The van der Waals surface area contributed by atoms with Crippen molar-refractivity contribution in [1.82, 2.24) is 0 Å². The lowest BCUT2D eigenvalue weighted by atomic mass is 10.0. The molecule has 0 saturated carbocycles. The van der Waals surface area contributed by atoms with Gasteiger partial charge in [0.1, 0.15) is 5.75 Å². The van der Waals surface area contributed by atoms with E-state index in [-0.39, 0.29) is 0 Å². The summed E-state index contributed by atoms with van der Waals surface area (Å²) in [6, 6.07) is 8.23. The SMILES string of the molecule is CCOc1cccc(C2=CCC=CC=C2)c1. The topological polar surface area (TPSA) is 9.23 Å². The summed E-state index contributed by atoms with van der Waals surface area (Å²) in [6.45, 7) is 2.71. The van der Waals surface area contributed by atoms with Crippen molar-refractivity contribution in [3.8, 4) is 5.75 Å². The van der Waals surface area contributed by atoms with E-state index in [1.807, 2.05) is 19.1 Å². The molecule has 1 aromatic rings. The normalized spacial score (nSPS) is 14.4. The quantitative estimate of drug-likeness (QED) is 0.736. The molecule has 2 rings (SSSR count). The number of hydrogen-bond acceptors (Lipinski definition) is 1. The van der Waals surface area contributed by atoms with Crippen molar-refractivity contribution in [2.75, 3.05) is 6.61 Å². The highest BCUT2D eigenvalue weighted by Crippen LogP contribution is 2.22. The summed E-state index contributed by atoms with van der Waals surface area (Å²) in [5, 5.41) is 0. The van der Waals surface area contributed by atoms with Crippen molar-refractivity contribution in [2.24, 2.45) is 0 Å². The van der Waals surface area contributed by atoms with Gasteiger partial charge in [0.25, 0.3) is 0 Å². The Kier molecular flexibility index (Phi) is 3.60. The minimum atomic E-state index is 0.708.